The third kappa shape index (κ3) is 7.91. The van der Waals surface area contributed by atoms with Crippen LogP contribution in [0.2, 0.25) is 0 Å². The van der Waals surface area contributed by atoms with Crippen LogP contribution in [-0.4, -0.2) is 37.7 Å². The van der Waals surface area contributed by atoms with E-state index in [1.807, 2.05) is 0 Å². The molecule has 6 nitrogen and oxygen atoms in total. The van der Waals surface area contributed by atoms with Gasteiger partial charge in [-0.15, -0.1) is 0 Å². The maximum Gasteiger partial charge on any atom is 0.334 e. The third-order valence-electron chi connectivity index (χ3n) is 2.32. The van der Waals surface area contributed by atoms with Crippen molar-refractivity contribution in [1.82, 2.24) is 0 Å². The molecule has 0 spiro atoms. The molecular formula is C15H22O6. The summed E-state index contributed by atoms with van der Waals surface area (Å²) in [4.78, 5) is 34.6. The number of carbonyl (C=O) groups is 3. The quantitative estimate of drug-likeness (QED) is 0.334. The summed E-state index contributed by atoms with van der Waals surface area (Å²) >= 11 is 0. The molecule has 0 fully saturated rings. The normalized spacial score (nSPS) is 12.7. The molecule has 0 amide bonds. The highest BCUT2D eigenvalue weighted by atomic mass is 16.6. The molecule has 0 aliphatic carbocycles. The predicted molar refractivity (Wildman–Crippen MR) is 76.3 cm³/mol. The number of esters is 3. The van der Waals surface area contributed by atoms with Gasteiger partial charge in [-0.25, -0.2) is 9.59 Å². The lowest BCUT2D eigenvalue weighted by Crippen LogP contribution is -2.25. The van der Waals surface area contributed by atoms with Crippen LogP contribution in [-0.2, 0) is 28.6 Å². The topological polar surface area (TPSA) is 78.9 Å². The zero-order chi connectivity index (χ0) is 16.6. The van der Waals surface area contributed by atoms with Crippen molar-refractivity contribution >= 4 is 17.9 Å². The lowest BCUT2D eigenvalue weighted by atomic mass is 10.1. The van der Waals surface area contributed by atoms with E-state index in [4.69, 9.17) is 4.74 Å². The van der Waals surface area contributed by atoms with Crippen LogP contribution in [0.5, 0.6) is 0 Å². The molecule has 0 aromatic carbocycles. The summed E-state index contributed by atoms with van der Waals surface area (Å²) in [6, 6.07) is 0. The highest BCUT2D eigenvalue weighted by molar-refractivity contribution is 5.95. The van der Waals surface area contributed by atoms with Crippen molar-refractivity contribution in [2.24, 2.45) is 0 Å². The van der Waals surface area contributed by atoms with E-state index in [0.29, 0.717) is 5.57 Å². The van der Waals surface area contributed by atoms with Crippen molar-refractivity contribution < 1.29 is 28.6 Å². The van der Waals surface area contributed by atoms with Crippen molar-refractivity contribution in [3.8, 4) is 0 Å². The van der Waals surface area contributed by atoms with Gasteiger partial charge in [0.25, 0.3) is 0 Å². The van der Waals surface area contributed by atoms with E-state index in [1.165, 1.54) is 20.3 Å². The summed E-state index contributed by atoms with van der Waals surface area (Å²) in [5.41, 5.74) is -0.0846. The summed E-state index contributed by atoms with van der Waals surface area (Å²) in [6.45, 7) is 6.79. The minimum absolute atomic E-state index is 0.131. The van der Waals surface area contributed by atoms with Crippen LogP contribution in [0.1, 0.15) is 34.1 Å². The molecule has 0 bridgehead atoms. The number of hydrogen-bond donors (Lipinski definition) is 0. The van der Waals surface area contributed by atoms with Gasteiger partial charge in [-0.05, 0) is 33.3 Å². The van der Waals surface area contributed by atoms with Crippen molar-refractivity contribution in [2.45, 2.75) is 39.7 Å². The molecule has 0 heterocycles. The van der Waals surface area contributed by atoms with Gasteiger partial charge in [0.1, 0.15) is 5.60 Å². The van der Waals surface area contributed by atoms with E-state index in [1.54, 1.807) is 27.7 Å². The molecule has 0 rings (SSSR count). The molecule has 21 heavy (non-hydrogen) atoms. The number of methoxy groups -OCH3 is 2. The van der Waals surface area contributed by atoms with E-state index in [2.05, 4.69) is 9.47 Å². The Balaban J connectivity index is 5.21. The van der Waals surface area contributed by atoms with Crippen LogP contribution < -0.4 is 0 Å². The second-order valence-electron chi connectivity index (χ2n) is 5.27. The molecule has 0 aromatic rings. The largest absolute Gasteiger partial charge is 0.466 e. The van der Waals surface area contributed by atoms with Crippen molar-refractivity contribution in [3.63, 3.8) is 0 Å². The smallest absolute Gasteiger partial charge is 0.334 e. The van der Waals surface area contributed by atoms with Crippen molar-refractivity contribution in [2.75, 3.05) is 14.2 Å². The van der Waals surface area contributed by atoms with E-state index in [-0.39, 0.29) is 12.0 Å². The molecule has 6 heteroatoms. The lowest BCUT2D eigenvalue weighted by Gasteiger charge is -2.20. The summed E-state index contributed by atoms with van der Waals surface area (Å²) < 4.78 is 14.3. The molecule has 0 unspecified atom stereocenters. The molecule has 0 aliphatic heterocycles. The van der Waals surface area contributed by atoms with Crippen LogP contribution in [0.4, 0.5) is 0 Å². The average Bonchev–Trinajstić information content (AvgIpc) is 2.38. The number of allylic oxidation sites excluding steroid dienone is 2. The zero-order valence-electron chi connectivity index (χ0n) is 13.3. The first-order chi connectivity index (χ1) is 9.60. The Bertz CT molecular complexity index is 465. The first kappa shape index (κ1) is 18.9. The zero-order valence-corrected chi connectivity index (χ0v) is 13.3. The number of ether oxygens (including phenoxy) is 3. The molecule has 0 aliphatic rings. The standard InChI is InChI=1S/C15H22O6/c1-10(7-8-12(16)19-5)11(14(18)20-6)9-13(17)21-15(2,3)4/h7-8H,9H2,1-6H3/b8-7+,11-10-. The van der Waals surface area contributed by atoms with Crippen LogP contribution in [0, 0.1) is 0 Å². The fourth-order valence-corrected chi connectivity index (χ4v) is 1.38. The van der Waals surface area contributed by atoms with Gasteiger partial charge >= 0.3 is 17.9 Å². The van der Waals surface area contributed by atoms with Crippen molar-refractivity contribution in [3.05, 3.63) is 23.3 Å². The molecule has 0 aromatic heterocycles. The first-order valence-corrected chi connectivity index (χ1v) is 6.36. The number of hydrogen-bond acceptors (Lipinski definition) is 6. The molecule has 0 N–H and O–H groups in total. The van der Waals surface area contributed by atoms with Gasteiger partial charge in [0.15, 0.2) is 0 Å². The van der Waals surface area contributed by atoms with Gasteiger partial charge in [0.2, 0.25) is 0 Å². The maximum absolute atomic E-state index is 11.8. The Morgan fingerprint density at radius 1 is 1.00 bits per heavy atom. The maximum atomic E-state index is 11.8. The fourth-order valence-electron chi connectivity index (χ4n) is 1.38. The van der Waals surface area contributed by atoms with Gasteiger partial charge < -0.3 is 14.2 Å². The average molecular weight is 298 g/mol. The van der Waals surface area contributed by atoms with Crippen LogP contribution >= 0.6 is 0 Å². The number of carbonyl (C=O) groups excluding carboxylic acids is 3. The fraction of sp³-hybridized carbons (Fsp3) is 0.533. The van der Waals surface area contributed by atoms with E-state index >= 15 is 0 Å². The van der Waals surface area contributed by atoms with Gasteiger partial charge in [-0.3, -0.25) is 4.79 Å². The third-order valence-corrected chi connectivity index (χ3v) is 2.32. The minimum atomic E-state index is -0.645. The highest BCUT2D eigenvalue weighted by Crippen LogP contribution is 2.16. The van der Waals surface area contributed by atoms with Crippen LogP contribution in [0.15, 0.2) is 23.3 Å². The molecule has 0 saturated heterocycles. The summed E-state index contributed by atoms with van der Waals surface area (Å²) in [6.07, 6.45) is 2.32. The molecular weight excluding hydrogens is 276 g/mol. The van der Waals surface area contributed by atoms with E-state index < -0.39 is 23.5 Å². The summed E-state index contributed by atoms with van der Waals surface area (Å²) in [5, 5.41) is 0. The lowest BCUT2D eigenvalue weighted by molar-refractivity contribution is -0.155. The Kier molecular flexibility index (Phi) is 7.41. The molecule has 0 radical (unpaired) electrons. The summed E-state index contributed by atoms with van der Waals surface area (Å²) in [7, 11) is 2.46. The van der Waals surface area contributed by atoms with Gasteiger partial charge in [-0.1, -0.05) is 6.08 Å². The predicted octanol–water partition coefficient (Wildman–Crippen LogP) is 1.94. The second kappa shape index (κ2) is 8.24. The van der Waals surface area contributed by atoms with E-state index in [0.717, 1.165) is 6.08 Å². The van der Waals surface area contributed by atoms with Gasteiger partial charge in [0, 0.05) is 6.08 Å². The molecule has 118 valence electrons. The monoisotopic (exact) mass is 298 g/mol. The van der Waals surface area contributed by atoms with Crippen LogP contribution in [0.3, 0.4) is 0 Å². The Labute approximate surface area is 124 Å². The summed E-state index contributed by atoms with van der Waals surface area (Å²) in [5.74, 6) is -1.75. The van der Waals surface area contributed by atoms with E-state index in [9.17, 15) is 14.4 Å². The first-order valence-electron chi connectivity index (χ1n) is 6.36. The van der Waals surface area contributed by atoms with Gasteiger partial charge in [-0.2, -0.15) is 0 Å². The molecule has 0 saturated carbocycles. The SMILES string of the molecule is COC(=O)/C=C/C(C)=C(/CC(=O)OC(C)(C)C)C(=O)OC. The Morgan fingerprint density at radius 2 is 1.57 bits per heavy atom. The van der Waals surface area contributed by atoms with Gasteiger partial charge in [0.05, 0.1) is 26.2 Å². The second-order valence-corrected chi connectivity index (χ2v) is 5.27. The van der Waals surface area contributed by atoms with Crippen LogP contribution in [0.25, 0.3) is 0 Å². The number of rotatable bonds is 5. The Hall–Kier alpha value is -2.11. The van der Waals surface area contributed by atoms with Crippen molar-refractivity contribution in [1.29, 1.82) is 0 Å². The molecule has 0 atom stereocenters. The highest BCUT2D eigenvalue weighted by Gasteiger charge is 2.22. The Morgan fingerprint density at radius 3 is 2.00 bits per heavy atom. The minimum Gasteiger partial charge on any atom is -0.466 e.